The van der Waals surface area contributed by atoms with Gasteiger partial charge in [-0.3, -0.25) is 14.5 Å². The number of hydrogen-bond donors (Lipinski definition) is 1. The van der Waals surface area contributed by atoms with Crippen LogP contribution in [0.4, 0.5) is 5.69 Å². The topological polar surface area (TPSA) is 77.1 Å². The van der Waals surface area contributed by atoms with Crippen molar-refractivity contribution in [3.05, 3.63) is 82.8 Å². The maximum atomic E-state index is 13.5. The minimum Gasteiger partial charge on any atom is -0.497 e. The van der Waals surface area contributed by atoms with Gasteiger partial charge in [0.05, 0.1) is 23.7 Å². The number of carbonyl (C=O) groups is 2. The molecule has 0 spiro atoms. The van der Waals surface area contributed by atoms with Crippen LogP contribution in [0.1, 0.15) is 24.1 Å². The second kappa shape index (κ2) is 10.4. The van der Waals surface area contributed by atoms with Crippen LogP contribution < -0.4 is 24.4 Å². The Balaban J connectivity index is 1.34. The molecular formula is C28H26N2O5S. The highest BCUT2D eigenvalue weighted by molar-refractivity contribution is 8.04. The number of para-hydroxylation sites is 1. The van der Waals surface area contributed by atoms with Crippen LogP contribution in [0.15, 0.2) is 76.5 Å². The molecule has 7 nitrogen and oxygen atoms in total. The number of amides is 2. The van der Waals surface area contributed by atoms with E-state index in [0.717, 1.165) is 27.5 Å². The monoisotopic (exact) mass is 502 g/mol. The number of nitrogens with zero attached hydrogens (tertiary/aromatic N) is 1. The molecule has 184 valence electrons. The third-order valence-corrected chi connectivity index (χ3v) is 7.07. The van der Waals surface area contributed by atoms with Crippen molar-refractivity contribution >= 4 is 35.3 Å². The number of anilines is 1. The zero-order valence-corrected chi connectivity index (χ0v) is 20.8. The van der Waals surface area contributed by atoms with Crippen LogP contribution in [0, 0.1) is 0 Å². The lowest BCUT2D eigenvalue weighted by Crippen LogP contribution is -2.43. The summed E-state index contributed by atoms with van der Waals surface area (Å²) in [4.78, 5) is 29.5. The lowest BCUT2D eigenvalue weighted by atomic mass is 10.1. The summed E-state index contributed by atoms with van der Waals surface area (Å²) in [7, 11) is 1.61. The number of ether oxygens (including phenoxy) is 3. The second-order valence-corrected chi connectivity index (χ2v) is 9.52. The highest BCUT2D eigenvalue weighted by atomic mass is 32.2. The van der Waals surface area contributed by atoms with Gasteiger partial charge in [0.15, 0.2) is 11.5 Å². The molecule has 2 aliphatic rings. The van der Waals surface area contributed by atoms with Gasteiger partial charge < -0.3 is 19.5 Å². The first-order valence-corrected chi connectivity index (χ1v) is 12.5. The van der Waals surface area contributed by atoms with Gasteiger partial charge in [-0.05, 0) is 60.5 Å². The molecule has 0 saturated carbocycles. The SMILES string of the molecule is COc1ccc(C=C2Sc3ccccc3N(CC(=O)NC(C)c3ccc4c(c3)OCCO4)C2=O)cc1. The van der Waals surface area contributed by atoms with E-state index in [-0.39, 0.29) is 24.4 Å². The molecule has 3 aromatic rings. The first-order valence-electron chi connectivity index (χ1n) is 11.7. The number of benzene rings is 3. The smallest absolute Gasteiger partial charge is 0.265 e. The number of fused-ring (bicyclic) bond motifs is 2. The van der Waals surface area contributed by atoms with E-state index in [1.807, 2.05) is 79.7 Å². The fourth-order valence-electron chi connectivity index (χ4n) is 4.11. The van der Waals surface area contributed by atoms with Gasteiger partial charge >= 0.3 is 0 Å². The quantitative estimate of drug-likeness (QED) is 0.487. The van der Waals surface area contributed by atoms with E-state index >= 15 is 0 Å². The third-order valence-electron chi connectivity index (χ3n) is 5.99. The first kappa shape index (κ1) is 23.8. The number of rotatable bonds is 6. The molecule has 2 aliphatic heterocycles. The number of hydrogen-bond acceptors (Lipinski definition) is 6. The fourth-order valence-corrected chi connectivity index (χ4v) is 5.17. The Kier molecular flexibility index (Phi) is 6.86. The largest absolute Gasteiger partial charge is 0.497 e. The minimum atomic E-state index is -0.271. The summed E-state index contributed by atoms with van der Waals surface area (Å²) in [6.07, 6.45) is 1.84. The van der Waals surface area contributed by atoms with Crippen molar-refractivity contribution in [3.8, 4) is 17.2 Å². The first-order chi connectivity index (χ1) is 17.5. The molecule has 5 rings (SSSR count). The average molecular weight is 503 g/mol. The van der Waals surface area contributed by atoms with Gasteiger partial charge in [0.1, 0.15) is 25.5 Å². The van der Waals surface area contributed by atoms with Crippen molar-refractivity contribution in [3.63, 3.8) is 0 Å². The van der Waals surface area contributed by atoms with Crippen molar-refractivity contribution in [2.45, 2.75) is 17.9 Å². The van der Waals surface area contributed by atoms with Gasteiger partial charge in [0.25, 0.3) is 5.91 Å². The van der Waals surface area contributed by atoms with Crippen molar-refractivity contribution in [2.24, 2.45) is 0 Å². The Hall–Kier alpha value is -3.91. The molecule has 0 aliphatic carbocycles. The summed E-state index contributed by atoms with van der Waals surface area (Å²) in [5.74, 6) is 1.65. The van der Waals surface area contributed by atoms with E-state index in [9.17, 15) is 9.59 Å². The van der Waals surface area contributed by atoms with Crippen LogP contribution in [0.2, 0.25) is 0 Å². The molecule has 0 aromatic heterocycles. The summed E-state index contributed by atoms with van der Waals surface area (Å²) >= 11 is 1.41. The highest BCUT2D eigenvalue weighted by Gasteiger charge is 2.30. The zero-order valence-electron chi connectivity index (χ0n) is 20.0. The molecule has 2 amide bonds. The molecule has 2 heterocycles. The molecular weight excluding hydrogens is 476 g/mol. The Morgan fingerprint density at radius 1 is 1.08 bits per heavy atom. The molecule has 8 heteroatoms. The molecule has 0 saturated heterocycles. The normalized spacial score (nSPS) is 16.3. The van der Waals surface area contributed by atoms with E-state index < -0.39 is 0 Å². The predicted molar refractivity (Wildman–Crippen MR) is 140 cm³/mol. The molecule has 0 fully saturated rings. The molecule has 1 unspecified atom stereocenters. The summed E-state index contributed by atoms with van der Waals surface area (Å²) in [5, 5.41) is 3.01. The van der Waals surface area contributed by atoms with Crippen LogP contribution in [0.5, 0.6) is 17.2 Å². The van der Waals surface area contributed by atoms with Crippen molar-refractivity contribution in [1.82, 2.24) is 5.32 Å². The van der Waals surface area contributed by atoms with Crippen molar-refractivity contribution in [2.75, 3.05) is 31.8 Å². The maximum absolute atomic E-state index is 13.5. The Morgan fingerprint density at radius 2 is 1.83 bits per heavy atom. The number of thioether (sulfide) groups is 1. The lowest BCUT2D eigenvalue weighted by Gasteiger charge is -2.30. The molecule has 1 N–H and O–H groups in total. The van der Waals surface area contributed by atoms with Gasteiger partial charge in [-0.25, -0.2) is 0 Å². The lowest BCUT2D eigenvalue weighted by molar-refractivity contribution is -0.122. The van der Waals surface area contributed by atoms with E-state index in [2.05, 4.69) is 5.32 Å². The average Bonchev–Trinajstić information content (AvgIpc) is 2.91. The molecule has 0 bridgehead atoms. The molecule has 0 radical (unpaired) electrons. The standard InChI is InChI=1S/C28H26N2O5S/c1-18(20-9-12-23-24(16-20)35-14-13-34-23)29-27(31)17-30-22-5-3-4-6-25(22)36-26(28(30)32)15-19-7-10-21(33-2)11-8-19/h3-12,15-16,18H,13-14,17H2,1-2H3,(H,29,31). The van der Waals surface area contributed by atoms with Gasteiger partial charge in [-0.2, -0.15) is 0 Å². The van der Waals surface area contributed by atoms with E-state index in [1.165, 1.54) is 16.7 Å². The van der Waals surface area contributed by atoms with Gasteiger partial charge in [0.2, 0.25) is 5.91 Å². The zero-order chi connectivity index (χ0) is 25.1. The van der Waals surface area contributed by atoms with Crippen molar-refractivity contribution < 1.29 is 23.8 Å². The molecule has 3 aromatic carbocycles. The van der Waals surface area contributed by atoms with Gasteiger partial charge in [-0.15, -0.1) is 0 Å². The highest BCUT2D eigenvalue weighted by Crippen LogP contribution is 2.42. The number of nitrogens with one attached hydrogen (secondary N) is 1. The van der Waals surface area contributed by atoms with E-state index in [1.54, 1.807) is 7.11 Å². The molecule has 36 heavy (non-hydrogen) atoms. The predicted octanol–water partition coefficient (Wildman–Crippen LogP) is 4.82. The van der Waals surface area contributed by atoms with Crippen LogP contribution in [-0.4, -0.2) is 38.7 Å². The van der Waals surface area contributed by atoms with Gasteiger partial charge in [-0.1, -0.05) is 42.1 Å². The number of carbonyl (C=O) groups excluding carboxylic acids is 2. The Morgan fingerprint density at radius 3 is 2.61 bits per heavy atom. The summed E-state index contributed by atoms with van der Waals surface area (Å²) in [6, 6.07) is 20.5. The summed E-state index contributed by atoms with van der Waals surface area (Å²) in [6.45, 7) is 2.83. The fraction of sp³-hybridized carbons (Fsp3) is 0.214. The van der Waals surface area contributed by atoms with Crippen LogP contribution in [-0.2, 0) is 9.59 Å². The summed E-state index contributed by atoms with van der Waals surface area (Å²) < 4.78 is 16.5. The van der Waals surface area contributed by atoms with E-state index in [4.69, 9.17) is 14.2 Å². The van der Waals surface area contributed by atoms with E-state index in [0.29, 0.717) is 29.6 Å². The Bertz CT molecular complexity index is 1320. The minimum absolute atomic E-state index is 0.0920. The molecule has 1 atom stereocenters. The number of methoxy groups -OCH3 is 1. The van der Waals surface area contributed by atoms with Crippen LogP contribution in [0.3, 0.4) is 0 Å². The second-order valence-electron chi connectivity index (χ2n) is 8.44. The van der Waals surface area contributed by atoms with Crippen LogP contribution in [0.25, 0.3) is 6.08 Å². The Labute approximate surface area is 214 Å². The third kappa shape index (κ3) is 5.04. The maximum Gasteiger partial charge on any atom is 0.265 e. The summed E-state index contributed by atoms with van der Waals surface area (Å²) in [5.41, 5.74) is 2.50. The van der Waals surface area contributed by atoms with Crippen LogP contribution >= 0.6 is 11.8 Å². The van der Waals surface area contributed by atoms with Crippen molar-refractivity contribution in [1.29, 1.82) is 0 Å². The van der Waals surface area contributed by atoms with Gasteiger partial charge in [0, 0.05) is 4.90 Å².